The maximum atomic E-state index is 12.9. The summed E-state index contributed by atoms with van der Waals surface area (Å²) < 4.78 is 49.3. The van der Waals surface area contributed by atoms with E-state index in [4.69, 9.17) is 9.47 Å². The number of alkyl halides is 3. The Kier molecular flexibility index (Phi) is 4.81. The molecule has 1 fully saturated rings. The molecule has 0 spiro atoms. The van der Waals surface area contributed by atoms with Gasteiger partial charge in [0.15, 0.2) is 11.5 Å². The lowest BCUT2D eigenvalue weighted by Gasteiger charge is -2.18. The van der Waals surface area contributed by atoms with E-state index in [0.717, 1.165) is 17.7 Å². The zero-order valence-corrected chi connectivity index (χ0v) is 15.2. The summed E-state index contributed by atoms with van der Waals surface area (Å²) in [5.41, 5.74) is 0.107. The highest BCUT2D eigenvalue weighted by atomic mass is 19.4. The Morgan fingerprint density at radius 3 is 2.72 bits per heavy atom. The highest BCUT2D eigenvalue weighted by Crippen LogP contribution is 2.34. The molecule has 0 saturated carbocycles. The van der Waals surface area contributed by atoms with Crippen molar-refractivity contribution in [3.05, 3.63) is 53.6 Å². The fourth-order valence-corrected chi connectivity index (χ4v) is 3.37. The van der Waals surface area contributed by atoms with Crippen LogP contribution in [-0.2, 0) is 22.3 Å². The van der Waals surface area contributed by atoms with Crippen molar-refractivity contribution in [2.45, 2.75) is 19.1 Å². The van der Waals surface area contributed by atoms with E-state index in [1.54, 1.807) is 18.2 Å². The number of hydrogen-bond acceptors (Lipinski definition) is 4. The van der Waals surface area contributed by atoms with Crippen LogP contribution in [0.25, 0.3) is 0 Å². The number of nitrogens with one attached hydrogen (secondary N) is 1. The van der Waals surface area contributed by atoms with Crippen molar-refractivity contribution in [2.24, 2.45) is 5.92 Å². The molecule has 0 bridgehead atoms. The van der Waals surface area contributed by atoms with Crippen LogP contribution < -0.4 is 19.7 Å². The molecule has 4 rings (SSSR count). The summed E-state index contributed by atoms with van der Waals surface area (Å²) >= 11 is 0. The third-order valence-corrected chi connectivity index (χ3v) is 4.88. The highest BCUT2D eigenvalue weighted by Gasteiger charge is 2.36. The molecule has 9 heteroatoms. The normalized spacial score (nSPS) is 18.2. The third-order valence-electron chi connectivity index (χ3n) is 4.88. The van der Waals surface area contributed by atoms with Crippen molar-refractivity contribution in [1.29, 1.82) is 0 Å². The number of nitrogens with zero attached hydrogens (tertiary/aromatic N) is 1. The number of hydrogen-bond donors (Lipinski definition) is 1. The van der Waals surface area contributed by atoms with Gasteiger partial charge in [-0.1, -0.05) is 12.1 Å². The number of ether oxygens (including phenoxy) is 2. The van der Waals surface area contributed by atoms with Crippen molar-refractivity contribution in [3.8, 4) is 11.5 Å². The number of amides is 2. The van der Waals surface area contributed by atoms with Gasteiger partial charge in [-0.05, 0) is 35.9 Å². The molecule has 1 saturated heterocycles. The first-order valence-electron chi connectivity index (χ1n) is 8.95. The van der Waals surface area contributed by atoms with Gasteiger partial charge in [-0.3, -0.25) is 9.59 Å². The minimum absolute atomic E-state index is 0.0348. The van der Waals surface area contributed by atoms with Crippen molar-refractivity contribution in [1.82, 2.24) is 5.32 Å². The van der Waals surface area contributed by atoms with Gasteiger partial charge >= 0.3 is 6.18 Å². The zero-order valence-electron chi connectivity index (χ0n) is 15.2. The van der Waals surface area contributed by atoms with Crippen LogP contribution in [0.3, 0.4) is 0 Å². The standard InChI is InChI=1S/C20H17F3N2O4/c21-20(22,23)14-2-1-3-15(8-14)25-10-13(7-18(25)26)19(27)24-9-12-4-5-16-17(6-12)29-11-28-16/h1-6,8,13H,7,9-11H2,(H,24,27)/t13-/m1/s1. The smallest absolute Gasteiger partial charge is 0.416 e. The monoisotopic (exact) mass is 406 g/mol. The van der Waals surface area contributed by atoms with Gasteiger partial charge in [0.25, 0.3) is 0 Å². The predicted molar refractivity (Wildman–Crippen MR) is 96.3 cm³/mol. The summed E-state index contributed by atoms with van der Waals surface area (Å²) in [6.45, 7) is 0.428. The molecule has 6 nitrogen and oxygen atoms in total. The van der Waals surface area contributed by atoms with Crippen molar-refractivity contribution in [3.63, 3.8) is 0 Å². The number of benzene rings is 2. The maximum absolute atomic E-state index is 12.9. The predicted octanol–water partition coefficient (Wildman–Crippen LogP) is 3.10. The number of anilines is 1. The molecule has 0 radical (unpaired) electrons. The largest absolute Gasteiger partial charge is 0.454 e. The van der Waals surface area contributed by atoms with Gasteiger partial charge in [-0.15, -0.1) is 0 Å². The zero-order chi connectivity index (χ0) is 20.6. The lowest BCUT2D eigenvalue weighted by atomic mass is 10.1. The number of carbonyl (C=O) groups excluding carboxylic acids is 2. The first kappa shape index (κ1) is 19.1. The van der Waals surface area contributed by atoms with E-state index >= 15 is 0 Å². The Morgan fingerprint density at radius 2 is 1.93 bits per heavy atom. The Labute approximate surface area is 164 Å². The van der Waals surface area contributed by atoms with Gasteiger partial charge in [0.05, 0.1) is 11.5 Å². The quantitative estimate of drug-likeness (QED) is 0.848. The van der Waals surface area contributed by atoms with Gasteiger partial charge in [0.1, 0.15) is 0 Å². The van der Waals surface area contributed by atoms with Gasteiger partial charge in [0.2, 0.25) is 18.6 Å². The number of rotatable bonds is 4. The topological polar surface area (TPSA) is 67.9 Å². The van der Waals surface area contributed by atoms with Crippen LogP contribution in [0.2, 0.25) is 0 Å². The number of halogens is 3. The van der Waals surface area contributed by atoms with Crippen LogP contribution in [0.5, 0.6) is 11.5 Å². The first-order valence-corrected chi connectivity index (χ1v) is 8.95. The minimum Gasteiger partial charge on any atom is -0.454 e. The first-order chi connectivity index (χ1) is 13.8. The molecule has 152 valence electrons. The molecule has 2 aliphatic rings. The van der Waals surface area contributed by atoms with E-state index < -0.39 is 17.7 Å². The number of fused-ring (bicyclic) bond motifs is 1. The molecule has 1 atom stereocenters. The van der Waals surface area contributed by atoms with Gasteiger partial charge < -0.3 is 19.7 Å². The molecule has 2 aliphatic heterocycles. The Morgan fingerprint density at radius 1 is 1.14 bits per heavy atom. The highest BCUT2D eigenvalue weighted by molar-refractivity contribution is 6.00. The summed E-state index contributed by atoms with van der Waals surface area (Å²) in [4.78, 5) is 26.0. The summed E-state index contributed by atoms with van der Waals surface area (Å²) in [7, 11) is 0. The Hall–Kier alpha value is -3.23. The van der Waals surface area contributed by atoms with Gasteiger partial charge in [-0.2, -0.15) is 13.2 Å². The molecule has 1 N–H and O–H groups in total. The van der Waals surface area contributed by atoms with Crippen LogP contribution in [0.15, 0.2) is 42.5 Å². The third kappa shape index (κ3) is 3.98. The summed E-state index contributed by atoms with van der Waals surface area (Å²) in [5, 5.41) is 2.77. The number of carbonyl (C=O) groups is 2. The fraction of sp³-hybridized carbons (Fsp3) is 0.300. The summed E-state index contributed by atoms with van der Waals surface area (Å²) in [6.07, 6.45) is -4.55. The van der Waals surface area contributed by atoms with E-state index in [-0.39, 0.29) is 43.8 Å². The Balaban J connectivity index is 1.39. The van der Waals surface area contributed by atoms with Crippen LogP contribution in [0.1, 0.15) is 17.5 Å². The molecule has 0 unspecified atom stereocenters. The summed E-state index contributed by atoms with van der Waals surface area (Å²) in [5.74, 6) is -0.106. The van der Waals surface area contributed by atoms with Crippen LogP contribution in [0, 0.1) is 5.92 Å². The molecular weight excluding hydrogens is 389 g/mol. The van der Waals surface area contributed by atoms with E-state index in [1.807, 2.05) is 0 Å². The molecule has 2 heterocycles. The molecular formula is C20H17F3N2O4. The second-order valence-corrected chi connectivity index (χ2v) is 6.86. The molecule has 29 heavy (non-hydrogen) atoms. The molecule has 2 amide bonds. The van der Waals surface area contributed by atoms with Crippen LogP contribution in [0.4, 0.5) is 18.9 Å². The van der Waals surface area contributed by atoms with Gasteiger partial charge in [-0.25, -0.2) is 0 Å². The SMILES string of the molecule is O=C(NCc1ccc2c(c1)OCO2)[C@@H]1CC(=O)N(c2cccc(C(F)(F)F)c2)C1. The summed E-state index contributed by atoms with van der Waals surface area (Å²) in [6, 6.07) is 9.85. The second kappa shape index (κ2) is 7.31. The van der Waals surface area contributed by atoms with Crippen LogP contribution in [-0.4, -0.2) is 25.2 Å². The van der Waals surface area contributed by atoms with Gasteiger partial charge in [0, 0.05) is 25.2 Å². The van der Waals surface area contributed by atoms with Crippen molar-refractivity contribution in [2.75, 3.05) is 18.2 Å². The fourth-order valence-electron chi connectivity index (χ4n) is 3.37. The van der Waals surface area contributed by atoms with Crippen molar-refractivity contribution < 1.29 is 32.2 Å². The maximum Gasteiger partial charge on any atom is 0.416 e. The lowest BCUT2D eigenvalue weighted by Crippen LogP contribution is -2.32. The van der Waals surface area contributed by atoms with E-state index in [2.05, 4.69) is 5.32 Å². The molecule has 0 aromatic heterocycles. The lowest BCUT2D eigenvalue weighted by molar-refractivity contribution is -0.137. The molecule has 2 aromatic carbocycles. The van der Waals surface area contributed by atoms with Crippen molar-refractivity contribution >= 4 is 17.5 Å². The second-order valence-electron chi connectivity index (χ2n) is 6.86. The minimum atomic E-state index is -4.50. The van der Waals surface area contributed by atoms with Crippen LogP contribution >= 0.6 is 0 Å². The molecule has 0 aliphatic carbocycles. The van der Waals surface area contributed by atoms with E-state index in [0.29, 0.717) is 11.5 Å². The molecule has 2 aromatic rings. The average Bonchev–Trinajstić information content (AvgIpc) is 3.31. The average molecular weight is 406 g/mol. The van der Waals surface area contributed by atoms with E-state index in [9.17, 15) is 22.8 Å². The van der Waals surface area contributed by atoms with E-state index in [1.165, 1.54) is 17.0 Å². The Bertz CT molecular complexity index is 961.